The van der Waals surface area contributed by atoms with E-state index < -0.39 is 39.7 Å². The Balaban J connectivity index is 2.63. The molecule has 0 aromatic heterocycles. The van der Waals surface area contributed by atoms with Crippen molar-refractivity contribution in [3.63, 3.8) is 0 Å². The second-order valence-corrected chi connectivity index (χ2v) is 7.56. The molecule has 1 rings (SSSR count). The summed E-state index contributed by atoms with van der Waals surface area (Å²) in [4.78, 5) is 24.0. The summed E-state index contributed by atoms with van der Waals surface area (Å²) in [5.74, 6) is -1.18. The molecular weight excluding hydrogens is 302 g/mol. The third kappa shape index (κ3) is 5.48. The topological polar surface area (TPSA) is 136 Å². The predicted molar refractivity (Wildman–Crippen MR) is 74.2 cm³/mol. The van der Waals surface area contributed by atoms with Gasteiger partial charge in [0.15, 0.2) is 0 Å². The number of carbonyl (C=O) groups is 2. The van der Waals surface area contributed by atoms with Crippen molar-refractivity contribution in [1.29, 1.82) is 0 Å². The smallest absolute Gasteiger partial charge is 0.326 e. The molecule has 0 saturated carbocycles. The van der Waals surface area contributed by atoms with Crippen molar-refractivity contribution in [3.05, 3.63) is 0 Å². The molecule has 1 aliphatic heterocycles. The molecule has 21 heavy (non-hydrogen) atoms. The lowest BCUT2D eigenvalue weighted by molar-refractivity contribution is -0.141. The minimum atomic E-state index is -3.43. The Morgan fingerprint density at radius 2 is 1.95 bits per heavy atom. The van der Waals surface area contributed by atoms with Gasteiger partial charge in [-0.05, 0) is 13.8 Å². The number of amides is 2. The Bertz CT molecular complexity index is 518. The number of nitrogens with zero attached hydrogens (tertiary/aromatic N) is 1. The van der Waals surface area contributed by atoms with E-state index in [4.69, 9.17) is 5.11 Å². The number of β-amino-alcohol motifs (C(OH)–C–C–N with tert-alkyl or cyclic N) is 1. The lowest BCUT2D eigenvalue weighted by atomic mass is 10.1. The molecular formula is C11H21N3O6S. The summed E-state index contributed by atoms with van der Waals surface area (Å²) in [6.45, 7) is 3.09. The number of aliphatic hydroxyl groups is 1. The van der Waals surface area contributed by atoms with E-state index in [9.17, 15) is 23.1 Å². The number of hydrogen-bond acceptors (Lipinski definition) is 5. The van der Waals surface area contributed by atoms with Gasteiger partial charge in [-0.2, -0.15) is 0 Å². The highest BCUT2D eigenvalue weighted by atomic mass is 32.2. The van der Waals surface area contributed by atoms with Crippen LogP contribution in [0.5, 0.6) is 0 Å². The summed E-state index contributed by atoms with van der Waals surface area (Å²) in [6, 6.07) is -1.73. The first-order valence-corrected chi connectivity index (χ1v) is 8.25. The highest BCUT2D eigenvalue weighted by Crippen LogP contribution is 2.18. The fraction of sp³-hybridized carbons (Fsp3) is 0.818. The summed E-state index contributed by atoms with van der Waals surface area (Å²) in [7, 11) is -3.43. The number of likely N-dealkylation sites (tertiary alicyclic amines) is 1. The molecule has 122 valence electrons. The molecule has 10 heteroatoms. The number of nitrogens with one attached hydrogen (secondary N) is 2. The number of carboxylic acid groups (broad SMARTS) is 1. The molecule has 4 N–H and O–H groups in total. The van der Waals surface area contributed by atoms with Gasteiger partial charge in [-0.1, -0.05) is 0 Å². The van der Waals surface area contributed by atoms with E-state index in [0.29, 0.717) is 0 Å². The number of carboxylic acids is 1. The van der Waals surface area contributed by atoms with Crippen LogP contribution in [0, 0.1) is 0 Å². The van der Waals surface area contributed by atoms with Crippen LogP contribution in [-0.4, -0.2) is 72.6 Å². The minimum Gasteiger partial charge on any atom is -0.480 e. The average Bonchev–Trinajstić information content (AvgIpc) is 2.65. The Hall–Kier alpha value is -1.39. The number of carbonyl (C=O) groups excluding carboxylic acids is 1. The SMILES string of the molecule is CC(C)(CNC(=O)N1C[C@H](O)C[C@H]1C(=O)O)NS(C)(=O)=O. The molecule has 1 aliphatic rings. The molecule has 0 unspecified atom stereocenters. The van der Waals surface area contributed by atoms with Gasteiger partial charge in [0.1, 0.15) is 6.04 Å². The summed E-state index contributed by atoms with van der Waals surface area (Å²) in [6.07, 6.45) is 0.112. The van der Waals surface area contributed by atoms with Crippen LogP contribution in [0.25, 0.3) is 0 Å². The van der Waals surface area contributed by atoms with Gasteiger partial charge in [-0.25, -0.2) is 22.7 Å². The Kier molecular flexibility index (Phi) is 5.18. The average molecular weight is 323 g/mol. The number of sulfonamides is 1. The Morgan fingerprint density at radius 3 is 2.43 bits per heavy atom. The van der Waals surface area contributed by atoms with Crippen LogP contribution in [-0.2, 0) is 14.8 Å². The number of aliphatic carboxylic acids is 1. The van der Waals surface area contributed by atoms with Crippen molar-refractivity contribution in [2.24, 2.45) is 0 Å². The molecule has 0 aliphatic carbocycles. The third-order valence-corrected chi connectivity index (χ3v) is 3.89. The first-order chi connectivity index (χ1) is 9.41. The summed E-state index contributed by atoms with van der Waals surface area (Å²) in [5, 5.41) is 21.0. The zero-order valence-electron chi connectivity index (χ0n) is 12.2. The molecule has 1 saturated heterocycles. The van der Waals surface area contributed by atoms with E-state index in [-0.39, 0.29) is 19.5 Å². The first kappa shape index (κ1) is 17.7. The van der Waals surface area contributed by atoms with E-state index in [1.165, 1.54) is 0 Å². The van der Waals surface area contributed by atoms with Crippen LogP contribution >= 0.6 is 0 Å². The normalized spacial score (nSPS) is 23.1. The number of urea groups is 1. The van der Waals surface area contributed by atoms with Crippen molar-refractivity contribution < 1.29 is 28.2 Å². The fourth-order valence-corrected chi connectivity index (χ4v) is 3.28. The van der Waals surface area contributed by atoms with Gasteiger partial charge in [-0.3, -0.25) is 0 Å². The van der Waals surface area contributed by atoms with Crippen molar-refractivity contribution in [1.82, 2.24) is 14.9 Å². The molecule has 1 fully saturated rings. The van der Waals surface area contributed by atoms with E-state index in [0.717, 1.165) is 11.2 Å². The molecule has 0 bridgehead atoms. The van der Waals surface area contributed by atoms with Gasteiger partial charge < -0.3 is 20.4 Å². The van der Waals surface area contributed by atoms with Crippen molar-refractivity contribution in [3.8, 4) is 0 Å². The van der Waals surface area contributed by atoms with Crippen molar-refractivity contribution in [2.75, 3.05) is 19.3 Å². The van der Waals surface area contributed by atoms with E-state index in [1.54, 1.807) is 13.8 Å². The van der Waals surface area contributed by atoms with Crippen LogP contribution in [0.2, 0.25) is 0 Å². The second kappa shape index (κ2) is 6.16. The summed E-state index contributed by atoms with van der Waals surface area (Å²) >= 11 is 0. The van der Waals surface area contributed by atoms with Crippen LogP contribution < -0.4 is 10.0 Å². The number of aliphatic hydroxyl groups excluding tert-OH is 1. The highest BCUT2D eigenvalue weighted by Gasteiger charge is 2.39. The molecule has 9 nitrogen and oxygen atoms in total. The monoisotopic (exact) mass is 323 g/mol. The zero-order chi connectivity index (χ0) is 16.4. The van der Waals surface area contributed by atoms with E-state index in [2.05, 4.69) is 10.0 Å². The minimum absolute atomic E-state index is 0.0160. The first-order valence-electron chi connectivity index (χ1n) is 6.35. The van der Waals surface area contributed by atoms with E-state index in [1.807, 2.05) is 0 Å². The zero-order valence-corrected chi connectivity index (χ0v) is 13.0. The van der Waals surface area contributed by atoms with Crippen LogP contribution in [0.3, 0.4) is 0 Å². The second-order valence-electron chi connectivity index (χ2n) is 5.81. The molecule has 0 spiro atoms. The maximum Gasteiger partial charge on any atom is 0.326 e. The third-order valence-electron chi connectivity index (χ3n) is 2.97. The number of hydrogen-bond donors (Lipinski definition) is 4. The molecule has 0 radical (unpaired) electrons. The lowest BCUT2D eigenvalue weighted by Gasteiger charge is -2.28. The van der Waals surface area contributed by atoms with Crippen molar-refractivity contribution in [2.45, 2.75) is 38.0 Å². The van der Waals surface area contributed by atoms with E-state index >= 15 is 0 Å². The van der Waals surface area contributed by atoms with Gasteiger partial charge in [-0.15, -0.1) is 0 Å². The largest absolute Gasteiger partial charge is 0.480 e. The number of rotatable bonds is 5. The quantitative estimate of drug-likeness (QED) is 0.488. The van der Waals surface area contributed by atoms with Gasteiger partial charge in [0, 0.05) is 25.0 Å². The molecule has 2 amide bonds. The van der Waals surface area contributed by atoms with Gasteiger partial charge in [0.2, 0.25) is 10.0 Å². The highest BCUT2D eigenvalue weighted by molar-refractivity contribution is 7.88. The van der Waals surface area contributed by atoms with Crippen LogP contribution in [0.15, 0.2) is 0 Å². The predicted octanol–water partition coefficient (Wildman–Crippen LogP) is -1.46. The molecule has 0 aromatic carbocycles. The Labute approximate surface area is 123 Å². The maximum atomic E-state index is 12.0. The van der Waals surface area contributed by atoms with Gasteiger partial charge >= 0.3 is 12.0 Å². The fourth-order valence-electron chi connectivity index (χ4n) is 2.21. The lowest BCUT2D eigenvalue weighted by Crippen LogP contribution is -2.54. The van der Waals surface area contributed by atoms with Gasteiger partial charge in [0.05, 0.1) is 12.4 Å². The van der Waals surface area contributed by atoms with Crippen LogP contribution in [0.1, 0.15) is 20.3 Å². The Morgan fingerprint density at radius 1 is 1.38 bits per heavy atom. The maximum absolute atomic E-state index is 12.0. The molecule has 1 heterocycles. The van der Waals surface area contributed by atoms with Crippen LogP contribution in [0.4, 0.5) is 4.79 Å². The standard InChI is InChI=1S/C11H21N3O6S/c1-11(2,13-21(3,19)20)6-12-10(18)14-5-7(15)4-8(14)9(16)17/h7-8,13,15H,4-6H2,1-3H3,(H,12,18)(H,16,17)/t7-,8+/m1/s1. The van der Waals surface area contributed by atoms with Crippen molar-refractivity contribution >= 4 is 22.0 Å². The molecule has 0 aromatic rings. The summed E-state index contributed by atoms with van der Waals surface area (Å²) in [5.41, 5.74) is -0.916. The van der Waals surface area contributed by atoms with Gasteiger partial charge in [0.25, 0.3) is 0 Å². The molecule has 2 atom stereocenters. The summed E-state index contributed by atoms with van der Waals surface area (Å²) < 4.78 is 24.7.